The molecule has 0 amide bonds. The number of ether oxygens (including phenoxy) is 1. The van der Waals surface area contributed by atoms with Gasteiger partial charge in [-0.1, -0.05) is 35.9 Å². The number of anilines is 1. The fourth-order valence-electron chi connectivity index (χ4n) is 2.76. The average molecular weight is 409 g/mol. The third-order valence-electron chi connectivity index (χ3n) is 4.40. The van der Waals surface area contributed by atoms with E-state index in [1.807, 2.05) is 6.92 Å². The zero-order valence-electron chi connectivity index (χ0n) is 15.9. The van der Waals surface area contributed by atoms with E-state index in [0.29, 0.717) is 17.4 Å². The second-order valence-electron chi connectivity index (χ2n) is 6.41. The molecule has 0 aliphatic heterocycles. The van der Waals surface area contributed by atoms with Crippen LogP contribution in [0, 0.1) is 6.92 Å². The van der Waals surface area contributed by atoms with Crippen LogP contribution in [0.4, 0.5) is 5.69 Å². The zero-order chi connectivity index (χ0) is 21.0. The lowest BCUT2D eigenvalue weighted by atomic mass is 10.0. The Morgan fingerprint density at radius 3 is 2.14 bits per heavy atom. The van der Waals surface area contributed by atoms with Crippen molar-refractivity contribution in [2.45, 2.75) is 11.8 Å². The van der Waals surface area contributed by atoms with Crippen molar-refractivity contribution in [3.63, 3.8) is 0 Å². The molecule has 0 unspecified atom stereocenters. The highest BCUT2D eigenvalue weighted by molar-refractivity contribution is 7.92. The monoisotopic (exact) mass is 409 g/mol. The van der Waals surface area contributed by atoms with Crippen molar-refractivity contribution < 1.29 is 22.7 Å². The summed E-state index contributed by atoms with van der Waals surface area (Å²) in [6.07, 6.45) is 0.594. The van der Waals surface area contributed by atoms with E-state index in [1.54, 1.807) is 54.6 Å². The fraction of sp³-hybridized carbons (Fsp3) is 0.0909. The van der Waals surface area contributed by atoms with Crippen LogP contribution in [0.15, 0.2) is 71.6 Å². The molecule has 0 heterocycles. The van der Waals surface area contributed by atoms with E-state index in [2.05, 4.69) is 9.46 Å². The predicted octanol–water partition coefficient (Wildman–Crippen LogP) is 4.06. The topological polar surface area (TPSA) is 89.5 Å². The first-order valence-electron chi connectivity index (χ1n) is 8.71. The minimum absolute atomic E-state index is 0.104. The van der Waals surface area contributed by atoms with Gasteiger partial charge >= 0.3 is 5.97 Å². The van der Waals surface area contributed by atoms with Gasteiger partial charge < -0.3 is 4.74 Å². The van der Waals surface area contributed by atoms with Crippen LogP contribution in [0.3, 0.4) is 0 Å². The molecule has 1 N–H and O–H groups in total. The van der Waals surface area contributed by atoms with Crippen molar-refractivity contribution in [1.82, 2.24) is 0 Å². The average Bonchev–Trinajstić information content (AvgIpc) is 2.73. The fourth-order valence-corrected chi connectivity index (χ4v) is 3.84. The molecule has 0 aromatic heterocycles. The molecule has 0 saturated heterocycles. The molecule has 6 nitrogen and oxygen atoms in total. The molecular weight excluding hydrogens is 390 g/mol. The number of aldehydes is 1. The van der Waals surface area contributed by atoms with Gasteiger partial charge in [0.15, 0.2) is 6.29 Å². The molecule has 148 valence electrons. The predicted molar refractivity (Wildman–Crippen MR) is 111 cm³/mol. The summed E-state index contributed by atoms with van der Waals surface area (Å²) in [6.45, 7) is 1.86. The first-order chi connectivity index (χ1) is 13.8. The molecule has 0 fully saturated rings. The van der Waals surface area contributed by atoms with Gasteiger partial charge in [0.2, 0.25) is 0 Å². The Hall–Kier alpha value is -3.45. The van der Waals surface area contributed by atoms with Gasteiger partial charge in [-0.05, 0) is 54.4 Å². The van der Waals surface area contributed by atoms with Crippen molar-refractivity contribution in [3.8, 4) is 11.1 Å². The number of carbonyl (C=O) groups is 2. The third kappa shape index (κ3) is 4.52. The molecule has 3 rings (SSSR count). The summed E-state index contributed by atoms with van der Waals surface area (Å²) in [5, 5.41) is 0. The van der Waals surface area contributed by atoms with Crippen LogP contribution >= 0.6 is 0 Å². The number of aryl methyl sites for hydroxylation is 1. The van der Waals surface area contributed by atoms with Crippen LogP contribution in [0.2, 0.25) is 0 Å². The summed E-state index contributed by atoms with van der Waals surface area (Å²) in [5.41, 5.74) is 3.18. The number of esters is 1. The molecule has 0 spiro atoms. The van der Waals surface area contributed by atoms with Crippen LogP contribution in [0.5, 0.6) is 0 Å². The number of sulfonamides is 1. The highest BCUT2D eigenvalue weighted by Crippen LogP contribution is 2.27. The Kier molecular flexibility index (Phi) is 5.79. The van der Waals surface area contributed by atoms with Gasteiger partial charge in [0.1, 0.15) is 0 Å². The number of carbonyl (C=O) groups excluding carboxylic acids is 2. The lowest BCUT2D eigenvalue weighted by molar-refractivity contribution is 0.0600. The molecule has 7 heteroatoms. The smallest absolute Gasteiger partial charge is 0.337 e. The van der Waals surface area contributed by atoms with Gasteiger partial charge in [0, 0.05) is 5.56 Å². The minimum Gasteiger partial charge on any atom is -0.465 e. The summed E-state index contributed by atoms with van der Waals surface area (Å²) in [7, 11) is -2.55. The highest BCUT2D eigenvalue weighted by Gasteiger charge is 2.17. The minimum atomic E-state index is -3.85. The summed E-state index contributed by atoms with van der Waals surface area (Å²) in [5.74, 6) is -0.445. The first-order valence-corrected chi connectivity index (χ1v) is 10.2. The second-order valence-corrected chi connectivity index (χ2v) is 8.09. The molecule has 3 aromatic rings. The Labute approximate surface area is 169 Å². The Bertz CT molecular complexity index is 1150. The first kappa shape index (κ1) is 20.3. The highest BCUT2D eigenvalue weighted by atomic mass is 32.2. The lowest BCUT2D eigenvalue weighted by Crippen LogP contribution is -2.14. The van der Waals surface area contributed by atoms with E-state index >= 15 is 0 Å². The van der Waals surface area contributed by atoms with Crippen LogP contribution in [0.25, 0.3) is 11.1 Å². The summed E-state index contributed by atoms with van der Waals surface area (Å²) in [6, 6.07) is 17.9. The van der Waals surface area contributed by atoms with Gasteiger partial charge in [-0.15, -0.1) is 0 Å². The number of hydrogen-bond acceptors (Lipinski definition) is 5. The number of rotatable bonds is 6. The van der Waals surface area contributed by atoms with Crippen molar-refractivity contribution in [1.29, 1.82) is 0 Å². The van der Waals surface area contributed by atoms with E-state index in [9.17, 15) is 18.0 Å². The molecule has 0 radical (unpaired) electrons. The van der Waals surface area contributed by atoms with Crippen molar-refractivity contribution in [2.24, 2.45) is 0 Å². The van der Waals surface area contributed by atoms with Crippen LogP contribution in [-0.2, 0) is 14.8 Å². The molecule has 0 aliphatic rings. The molecule has 0 atom stereocenters. The number of benzene rings is 3. The van der Waals surface area contributed by atoms with E-state index in [-0.39, 0.29) is 16.1 Å². The summed E-state index contributed by atoms with van der Waals surface area (Å²) in [4.78, 5) is 23.1. The molecule has 0 aliphatic carbocycles. The van der Waals surface area contributed by atoms with Crippen LogP contribution < -0.4 is 4.72 Å². The Balaban J connectivity index is 1.96. The van der Waals surface area contributed by atoms with Gasteiger partial charge in [0.25, 0.3) is 10.0 Å². The maximum absolute atomic E-state index is 12.7. The Morgan fingerprint density at radius 1 is 0.931 bits per heavy atom. The quantitative estimate of drug-likeness (QED) is 0.490. The molecule has 3 aromatic carbocycles. The maximum atomic E-state index is 12.7. The second kappa shape index (κ2) is 8.28. The van der Waals surface area contributed by atoms with Crippen molar-refractivity contribution >= 4 is 28.0 Å². The van der Waals surface area contributed by atoms with Crippen molar-refractivity contribution in [2.75, 3.05) is 11.8 Å². The summed E-state index contributed by atoms with van der Waals surface area (Å²) < 4.78 is 32.6. The van der Waals surface area contributed by atoms with E-state index < -0.39 is 16.0 Å². The normalized spacial score (nSPS) is 11.0. The largest absolute Gasteiger partial charge is 0.465 e. The van der Waals surface area contributed by atoms with Gasteiger partial charge in [0.05, 0.1) is 23.3 Å². The Morgan fingerprint density at radius 2 is 1.55 bits per heavy atom. The molecular formula is C22H19NO5S. The number of hydrogen-bond donors (Lipinski definition) is 1. The van der Waals surface area contributed by atoms with Gasteiger partial charge in [-0.25, -0.2) is 13.2 Å². The van der Waals surface area contributed by atoms with Crippen LogP contribution in [0.1, 0.15) is 26.3 Å². The van der Waals surface area contributed by atoms with E-state index in [0.717, 1.165) is 11.1 Å². The molecule has 0 bridgehead atoms. The summed E-state index contributed by atoms with van der Waals surface area (Å²) >= 11 is 0. The van der Waals surface area contributed by atoms with Gasteiger partial charge in [-0.2, -0.15) is 0 Å². The standard InChI is InChI=1S/C22H19NO5S/c1-15-3-11-20(12-4-15)29(26,27)23-21-13-18(9-10-19(21)14-24)16-5-7-17(8-6-16)22(25)28-2/h3-14,23H,1-2H3. The molecule has 29 heavy (non-hydrogen) atoms. The van der Waals surface area contributed by atoms with Crippen molar-refractivity contribution in [3.05, 3.63) is 83.4 Å². The lowest BCUT2D eigenvalue weighted by Gasteiger charge is -2.12. The third-order valence-corrected chi connectivity index (χ3v) is 5.78. The number of nitrogens with one attached hydrogen (secondary N) is 1. The molecule has 0 saturated carbocycles. The zero-order valence-corrected chi connectivity index (χ0v) is 16.7. The number of methoxy groups -OCH3 is 1. The van der Waals surface area contributed by atoms with E-state index in [4.69, 9.17) is 0 Å². The SMILES string of the molecule is COC(=O)c1ccc(-c2ccc(C=O)c(NS(=O)(=O)c3ccc(C)cc3)c2)cc1. The maximum Gasteiger partial charge on any atom is 0.337 e. The van der Waals surface area contributed by atoms with Crippen LogP contribution in [-0.4, -0.2) is 27.8 Å². The van der Waals surface area contributed by atoms with Gasteiger partial charge in [-0.3, -0.25) is 9.52 Å². The van der Waals surface area contributed by atoms with E-state index in [1.165, 1.54) is 19.2 Å².